The summed E-state index contributed by atoms with van der Waals surface area (Å²) < 4.78 is 24.6. The first-order valence-electron chi connectivity index (χ1n) is 8.21. The van der Waals surface area contributed by atoms with Crippen LogP contribution in [0.3, 0.4) is 0 Å². The van der Waals surface area contributed by atoms with Crippen LogP contribution in [-0.4, -0.2) is 32.6 Å². The smallest absolute Gasteiger partial charge is 0.265 e. The molecular weight excluding hydrogens is 418 g/mol. The summed E-state index contributed by atoms with van der Waals surface area (Å²) >= 11 is 7.40. The van der Waals surface area contributed by atoms with E-state index in [-0.39, 0.29) is 5.91 Å². The van der Waals surface area contributed by atoms with Crippen molar-refractivity contribution in [2.24, 2.45) is 0 Å². The number of carbonyl (C=O) groups excluding carboxylic acids is 1. The number of nitrogens with one attached hydrogen (secondary N) is 1. The summed E-state index contributed by atoms with van der Waals surface area (Å²) in [6.07, 6.45) is 2.81. The van der Waals surface area contributed by atoms with Gasteiger partial charge in [0.15, 0.2) is 0 Å². The standard InChI is InChI=1S/C19H18ClN3O3S2/c1-12-5-4-6-21-18(12)13-7-17(27-11-13)19(24)22-15-8-14(20)9-16(10-15)23(2)28(3,25)26/h4-11H,1-3H3,(H,22,24). The fourth-order valence-corrected chi connectivity index (χ4v) is 4.08. The molecule has 1 N–H and O–H groups in total. The quantitative estimate of drug-likeness (QED) is 0.643. The third kappa shape index (κ3) is 4.52. The lowest BCUT2D eigenvalue weighted by molar-refractivity contribution is 0.103. The molecule has 1 aromatic carbocycles. The molecule has 0 saturated heterocycles. The molecule has 0 atom stereocenters. The van der Waals surface area contributed by atoms with E-state index < -0.39 is 10.0 Å². The highest BCUT2D eigenvalue weighted by Gasteiger charge is 2.16. The Labute approximate surface area is 172 Å². The highest BCUT2D eigenvalue weighted by Crippen LogP contribution is 2.29. The summed E-state index contributed by atoms with van der Waals surface area (Å²) in [5, 5.41) is 4.97. The van der Waals surface area contributed by atoms with Crippen molar-refractivity contribution in [3.8, 4) is 11.3 Å². The maximum Gasteiger partial charge on any atom is 0.265 e. The van der Waals surface area contributed by atoms with Gasteiger partial charge in [0, 0.05) is 34.9 Å². The zero-order valence-corrected chi connectivity index (χ0v) is 17.8. The van der Waals surface area contributed by atoms with Crippen molar-refractivity contribution in [1.29, 1.82) is 0 Å². The molecule has 2 heterocycles. The Bertz CT molecular complexity index is 1140. The zero-order valence-electron chi connectivity index (χ0n) is 15.4. The fourth-order valence-electron chi connectivity index (χ4n) is 2.58. The molecule has 0 aliphatic rings. The van der Waals surface area contributed by atoms with Crippen LogP contribution < -0.4 is 9.62 Å². The van der Waals surface area contributed by atoms with Crippen LogP contribution in [0.4, 0.5) is 11.4 Å². The van der Waals surface area contributed by atoms with E-state index in [1.807, 2.05) is 24.4 Å². The number of hydrogen-bond donors (Lipinski definition) is 1. The normalized spacial score (nSPS) is 11.3. The van der Waals surface area contributed by atoms with Crippen LogP contribution in [-0.2, 0) is 10.0 Å². The van der Waals surface area contributed by atoms with E-state index in [9.17, 15) is 13.2 Å². The number of halogens is 1. The first-order chi connectivity index (χ1) is 13.1. The van der Waals surface area contributed by atoms with E-state index in [1.54, 1.807) is 24.4 Å². The number of aromatic nitrogens is 1. The molecule has 146 valence electrons. The van der Waals surface area contributed by atoms with Gasteiger partial charge in [0.25, 0.3) is 5.91 Å². The molecule has 0 bridgehead atoms. The van der Waals surface area contributed by atoms with Crippen molar-refractivity contribution in [2.45, 2.75) is 6.92 Å². The molecule has 0 spiro atoms. The number of sulfonamides is 1. The number of thiophene rings is 1. The van der Waals surface area contributed by atoms with Gasteiger partial charge >= 0.3 is 0 Å². The predicted molar refractivity (Wildman–Crippen MR) is 115 cm³/mol. The molecule has 1 amide bonds. The minimum Gasteiger partial charge on any atom is -0.321 e. The van der Waals surface area contributed by atoms with Gasteiger partial charge in [-0.15, -0.1) is 11.3 Å². The first kappa shape index (κ1) is 20.3. The van der Waals surface area contributed by atoms with Crippen molar-refractivity contribution >= 4 is 50.2 Å². The van der Waals surface area contributed by atoms with E-state index in [2.05, 4.69) is 10.3 Å². The SMILES string of the molecule is Cc1cccnc1-c1csc(C(=O)Nc2cc(Cl)cc(N(C)S(C)(=O)=O)c2)c1. The minimum atomic E-state index is -3.44. The molecule has 9 heteroatoms. The van der Waals surface area contributed by atoms with Gasteiger partial charge in [-0.1, -0.05) is 17.7 Å². The molecule has 0 aliphatic carbocycles. The second-order valence-electron chi connectivity index (χ2n) is 6.25. The highest BCUT2D eigenvalue weighted by atomic mass is 35.5. The lowest BCUT2D eigenvalue weighted by Crippen LogP contribution is -2.25. The molecule has 0 radical (unpaired) electrons. The average molecular weight is 436 g/mol. The van der Waals surface area contributed by atoms with Gasteiger partial charge in [0.05, 0.1) is 22.5 Å². The maximum atomic E-state index is 12.6. The molecule has 3 rings (SSSR count). The van der Waals surface area contributed by atoms with E-state index in [4.69, 9.17) is 11.6 Å². The van der Waals surface area contributed by atoms with E-state index in [0.29, 0.717) is 21.3 Å². The van der Waals surface area contributed by atoms with Crippen molar-refractivity contribution in [2.75, 3.05) is 22.9 Å². The second kappa shape index (κ2) is 7.90. The predicted octanol–water partition coefficient (Wildman–Crippen LogP) is 4.42. The Morgan fingerprint density at radius 1 is 1.25 bits per heavy atom. The number of rotatable bonds is 5. The van der Waals surface area contributed by atoms with Gasteiger partial charge in [-0.25, -0.2) is 8.42 Å². The van der Waals surface area contributed by atoms with Crippen LogP contribution >= 0.6 is 22.9 Å². The van der Waals surface area contributed by atoms with Crippen LogP contribution in [0.2, 0.25) is 5.02 Å². The number of pyridine rings is 1. The number of carbonyl (C=O) groups is 1. The third-order valence-electron chi connectivity index (χ3n) is 4.11. The minimum absolute atomic E-state index is 0.306. The average Bonchev–Trinajstić information content (AvgIpc) is 3.10. The monoisotopic (exact) mass is 435 g/mol. The van der Waals surface area contributed by atoms with Crippen LogP contribution in [0.25, 0.3) is 11.3 Å². The lowest BCUT2D eigenvalue weighted by atomic mass is 10.1. The maximum absolute atomic E-state index is 12.6. The molecule has 0 aliphatic heterocycles. The molecule has 0 saturated carbocycles. The van der Waals surface area contributed by atoms with Crippen LogP contribution in [0, 0.1) is 6.92 Å². The largest absolute Gasteiger partial charge is 0.321 e. The Balaban J connectivity index is 1.84. The summed E-state index contributed by atoms with van der Waals surface area (Å²) in [5.41, 5.74) is 3.50. The Kier molecular flexibility index (Phi) is 5.74. The van der Waals surface area contributed by atoms with Crippen LogP contribution in [0.5, 0.6) is 0 Å². The second-order valence-corrected chi connectivity index (χ2v) is 9.61. The number of nitrogens with zero attached hydrogens (tertiary/aromatic N) is 2. The number of hydrogen-bond acceptors (Lipinski definition) is 5. The van der Waals surface area contributed by atoms with Gasteiger partial charge in [0.1, 0.15) is 0 Å². The van der Waals surface area contributed by atoms with Crippen LogP contribution in [0.15, 0.2) is 48.0 Å². The van der Waals surface area contributed by atoms with Gasteiger partial charge in [0.2, 0.25) is 10.0 Å². The molecule has 3 aromatic rings. The number of anilines is 2. The zero-order chi connectivity index (χ0) is 20.5. The van der Waals surface area contributed by atoms with Crippen LogP contribution in [0.1, 0.15) is 15.2 Å². The number of aryl methyl sites for hydroxylation is 1. The van der Waals surface area contributed by atoms with Gasteiger partial charge in [-0.05, 0) is 42.8 Å². The summed E-state index contributed by atoms with van der Waals surface area (Å²) in [7, 11) is -2.02. The topological polar surface area (TPSA) is 79.4 Å². The molecular formula is C19H18ClN3O3S2. The first-order valence-corrected chi connectivity index (χ1v) is 11.3. The lowest BCUT2D eigenvalue weighted by Gasteiger charge is -2.18. The molecule has 28 heavy (non-hydrogen) atoms. The van der Waals surface area contributed by atoms with Crippen molar-refractivity contribution in [3.05, 3.63) is 63.4 Å². The van der Waals surface area contributed by atoms with Gasteiger partial charge < -0.3 is 5.32 Å². The van der Waals surface area contributed by atoms with Crippen molar-refractivity contribution in [3.63, 3.8) is 0 Å². The summed E-state index contributed by atoms with van der Waals surface area (Å²) in [6, 6.07) is 10.3. The van der Waals surface area contributed by atoms with Crippen molar-refractivity contribution in [1.82, 2.24) is 4.98 Å². The molecule has 0 unspecified atom stereocenters. The van der Waals surface area contributed by atoms with Gasteiger partial charge in [-0.3, -0.25) is 14.1 Å². The fraction of sp³-hybridized carbons (Fsp3) is 0.158. The van der Waals surface area contributed by atoms with E-state index in [1.165, 1.54) is 24.5 Å². The Morgan fingerprint density at radius 3 is 2.68 bits per heavy atom. The summed E-state index contributed by atoms with van der Waals surface area (Å²) in [4.78, 5) is 17.5. The highest BCUT2D eigenvalue weighted by molar-refractivity contribution is 7.92. The Morgan fingerprint density at radius 2 is 2.00 bits per heavy atom. The van der Waals surface area contributed by atoms with E-state index in [0.717, 1.165) is 27.4 Å². The summed E-state index contributed by atoms with van der Waals surface area (Å²) in [5.74, 6) is -0.306. The molecule has 2 aromatic heterocycles. The van der Waals surface area contributed by atoms with Crippen molar-refractivity contribution < 1.29 is 13.2 Å². The third-order valence-corrected chi connectivity index (χ3v) is 6.46. The Hall–Kier alpha value is -2.42. The molecule has 0 fully saturated rings. The van der Waals surface area contributed by atoms with Gasteiger partial charge in [-0.2, -0.15) is 0 Å². The summed E-state index contributed by atoms with van der Waals surface area (Å²) in [6.45, 7) is 1.96. The number of benzene rings is 1. The molecule has 6 nitrogen and oxygen atoms in total. The number of amides is 1. The van der Waals surface area contributed by atoms with E-state index >= 15 is 0 Å².